The highest BCUT2D eigenvalue weighted by atomic mass is 16.6. The third-order valence-electron chi connectivity index (χ3n) is 4.58. The van der Waals surface area contributed by atoms with E-state index in [1.165, 1.54) is 0 Å². The summed E-state index contributed by atoms with van der Waals surface area (Å²) in [6.45, 7) is 5.41. The maximum Gasteiger partial charge on any atom is 0.347 e. The lowest BCUT2D eigenvalue weighted by Crippen LogP contribution is -2.26. The standard InChI is InChI=1S/C23H24O7/c1-6-28-23(25)14(3)29-16-9-13(2)21-19(12-16)30-20(22(21)24)11-15-7-8-17(26-4)18(10-15)27-5/h7-12,14H,6H2,1-5H3/b20-11-. The van der Waals surface area contributed by atoms with Crippen LogP contribution in [-0.2, 0) is 9.53 Å². The molecule has 0 aliphatic carbocycles. The maximum atomic E-state index is 12.9. The van der Waals surface area contributed by atoms with Gasteiger partial charge in [0.2, 0.25) is 5.78 Å². The topological polar surface area (TPSA) is 80.3 Å². The van der Waals surface area contributed by atoms with Gasteiger partial charge in [0, 0.05) is 6.07 Å². The molecule has 30 heavy (non-hydrogen) atoms. The van der Waals surface area contributed by atoms with E-state index >= 15 is 0 Å². The lowest BCUT2D eigenvalue weighted by Gasteiger charge is -2.14. The van der Waals surface area contributed by atoms with Gasteiger partial charge in [-0.3, -0.25) is 4.79 Å². The Morgan fingerprint density at radius 3 is 2.53 bits per heavy atom. The molecule has 1 heterocycles. The van der Waals surface area contributed by atoms with Crippen molar-refractivity contribution in [2.45, 2.75) is 26.9 Å². The molecule has 3 rings (SSSR count). The molecule has 0 amide bonds. The zero-order valence-electron chi connectivity index (χ0n) is 17.6. The van der Waals surface area contributed by atoms with E-state index in [2.05, 4.69) is 0 Å². The number of ketones is 1. The normalized spacial score (nSPS) is 14.7. The highest BCUT2D eigenvalue weighted by Gasteiger charge is 2.30. The van der Waals surface area contributed by atoms with Crippen LogP contribution in [0.25, 0.3) is 6.08 Å². The zero-order chi connectivity index (χ0) is 21.8. The van der Waals surface area contributed by atoms with Crippen LogP contribution in [0.4, 0.5) is 0 Å². The Balaban J connectivity index is 1.86. The van der Waals surface area contributed by atoms with Gasteiger partial charge in [-0.25, -0.2) is 4.79 Å². The van der Waals surface area contributed by atoms with E-state index < -0.39 is 12.1 Å². The number of ether oxygens (including phenoxy) is 5. The van der Waals surface area contributed by atoms with Gasteiger partial charge in [0.25, 0.3) is 0 Å². The van der Waals surface area contributed by atoms with Gasteiger partial charge < -0.3 is 23.7 Å². The largest absolute Gasteiger partial charge is 0.493 e. The predicted octanol–water partition coefficient (Wildman–Crippen LogP) is 3.96. The Morgan fingerprint density at radius 2 is 1.87 bits per heavy atom. The summed E-state index contributed by atoms with van der Waals surface area (Å²) in [5.41, 5.74) is 1.89. The molecule has 0 saturated carbocycles. The molecule has 158 valence electrons. The van der Waals surface area contributed by atoms with Gasteiger partial charge >= 0.3 is 5.97 Å². The first-order valence-electron chi connectivity index (χ1n) is 9.52. The van der Waals surface area contributed by atoms with Gasteiger partial charge in [-0.2, -0.15) is 0 Å². The molecule has 0 N–H and O–H groups in total. The number of hydrogen-bond donors (Lipinski definition) is 0. The first kappa shape index (κ1) is 21.2. The van der Waals surface area contributed by atoms with E-state index in [-0.39, 0.29) is 18.1 Å². The van der Waals surface area contributed by atoms with Crippen LogP contribution in [-0.4, -0.2) is 38.7 Å². The number of fused-ring (bicyclic) bond motifs is 1. The lowest BCUT2D eigenvalue weighted by molar-refractivity contribution is -0.150. The minimum absolute atomic E-state index is 0.191. The Hall–Kier alpha value is -3.48. The summed E-state index contributed by atoms with van der Waals surface area (Å²) >= 11 is 0. The predicted molar refractivity (Wildman–Crippen MR) is 110 cm³/mol. The summed E-state index contributed by atoms with van der Waals surface area (Å²) in [7, 11) is 3.10. The molecule has 2 aromatic carbocycles. The Kier molecular flexibility index (Phi) is 6.30. The van der Waals surface area contributed by atoms with Crippen molar-refractivity contribution in [2.75, 3.05) is 20.8 Å². The molecule has 7 nitrogen and oxygen atoms in total. The summed E-state index contributed by atoms with van der Waals surface area (Å²) in [5, 5.41) is 0. The highest BCUT2D eigenvalue weighted by molar-refractivity contribution is 6.15. The van der Waals surface area contributed by atoms with Crippen LogP contribution in [0.3, 0.4) is 0 Å². The minimum atomic E-state index is -0.777. The molecule has 0 bridgehead atoms. The van der Waals surface area contributed by atoms with Crippen molar-refractivity contribution in [3.05, 3.63) is 52.8 Å². The zero-order valence-corrected chi connectivity index (χ0v) is 17.6. The number of methoxy groups -OCH3 is 2. The second-order valence-electron chi connectivity index (χ2n) is 6.68. The van der Waals surface area contributed by atoms with E-state index in [1.807, 2.05) is 0 Å². The fourth-order valence-electron chi connectivity index (χ4n) is 3.15. The van der Waals surface area contributed by atoms with E-state index in [0.717, 1.165) is 5.56 Å². The fraction of sp³-hybridized carbons (Fsp3) is 0.304. The minimum Gasteiger partial charge on any atom is -0.493 e. The molecule has 1 atom stereocenters. The molecule has 0 fully saturated rings. The molecule has 0 saturated heterocycles. The van der Waals surface area contributed by atoms with Gasteiger partial charge in [-0.15, -0.1) is 0 Å². The molecule has 1 aliphatic rings. The van der Waals surface area contributed by atoms with Gasteiger partial charge in [0.1, 0.15) is 11.5 Å². The SMILES string of the molecule is CCOC(=O)C(C)Oc1cc(C)c2c(c1)O/C(=C\c1ccc(OC)c(OC)c1)C2=O. The summed E-state index contributed by atoms with van der Waals surface area (Å²) < 4.78 is 27.0. The van der Waals surface area contributed by atoms with Crippen LogP contribution in [0, 0.1) is 6.92 Å². The number of rotatable bonds is 7. The summed E-state index contributed by atoms with van der Waals surface area (Å²) in [6, 6.07) is 8.62. The van der Waals surface area contributed by atoms with Crippen LogP contribution in [0.1, 0.15) is 35.3 Å². The lowest BCUT2D eigenvalue weighted by atomic mass is 10.0. The van der Waals surface area contributed by atoms with Crippen molar-refractivity contribution in [2.24, 2.45) is 0 Å². The van der Waals surface area contributed by atoms with Crippen molar-refractivity contribution in [3.63, 3.8) is 0 Å². The molecule has 1 aliphatic heterocycles. The Bertz CT molecular complexity index is 1010. The number of benzene rings is 2. The number of hydrogen-bond acceptors (Lipinski definition) is 7. The third-order valence-corrected chi connectivity index (χ3v) is 4.58. The molecule has 2 aromatic rings. The van der Waals surface area contributed by atoms with Crippen LogP contribution in [0.2, 0.25) is 0 Å². The van der Waals surface area contributed by atoms with E-state index in [1.54, 1.807) is 71.4 Å². The average molecular weight is 412 g/mol. The average Bonchev–Trinajstić information content (AvgIpc) is 3.03. The molecule has 0 aromatic heterocycles. The quantitative estimate of drug-likeness (QED) is 0.503. The van der Waals surface area contributed by atoms with Crippen molar-refractivity contribution in [1.29, 1.82) is 0 Å². The van der Waals surface area contributed by atoms with Crippen molar-refractivity contribution >= 4 is 17.8 Å². The van der Waals surface area contributed by atoms with Crippen LogP contribution >= 0.6 is 0 Å². The fourth-order valence-corrected chi connectivity index (χ4v) is 3.15. The van der Waals surface area contributed by atoms with Crippen LogP contribution < -0.4 is 18.9 Å². The highest BCUT2D eigenvalue weighted by Crippen LogP contribution is 2.38. The molecule has 7 heteroatoms. The number of carbonyl (C=O) groups excluding carboxylic acids is 2. The molecule has 1 unspecified atom stereocenters. The molecule has 0 radical (unpaired) electrons. The summed E-state index contributed by atoms with van der Waals surface area (Å²) in [5.74, 6) is 1.47. The number of aryl methyl sites for hydroxylation is 1. The molecular formula is C23H24O7. The van der Waals surface area contributed by atoms with E-state index in [9.17, 15) is 9.59 Å². The second-order valence-corrected chi connectivity index (χ2v) is 6.68. The first-order chi connectivity index (χ1) is 14.4. The van der Waals surface area contributed by atoms with Gasteiger partial charge in [-0.05, 0) is 56.2 Å². The number of Topliss-reactive ketones (excluding diaryl/α,β-unsaturated/α-hetero) is 1. The molecular weight excluding hydrogens is 388 g/mol. The van der Waals surface area contributed by atoms with Gasteiger partial charge in [0.15, 0.2) is 23.4 Å². The Labute approximate surface area is 175 Å². The van der Waals surface area contributed by atoms with E-state index in [4.69, 9.17) is 23.7 Å². The van der Waals surface area contributed by atoms with Crippen molar-refractivity contribution < 1.29 is 33.3 Å². The summed E-state index contributed by atoms with van der Waals surface area (Å²) in [4.78, 5) is 24.7. The number of allylic oxidation sites excluding steroid dienone is 1. The van der Waals surface area contributed by atoms with Gasteiger partial charge in [0.05, 0.1) is 26.4 Å². The van der Waals surface area contributed by atoms with E-state index in [0.29, 0.717) is 34.1 Å². The monoisotopic (exact) mass is 412 g/mol. The van der Waals surface area contributed by atoms with Crippen molar-refractivity contribution in [3.8, 4) is 23.0 Å². The first-order valence-corrected chi connectivity index (χ1v) is 9.52. The Morgan fingerprint density at radius 1 is 1.13 bits per heavy atom. The van der Waals surface area contributed by atoms with Crippen molar-refractivity contribution in [1.82, 2.24) is 0 Å². The molecule has 0 spiro atoms. The van der Waals surface area contributed by atoms with Crippen LogP contribution in [0.15, 0.2) is 36.1 Å². The van der Waals surface area contributed by atoms with Gasteiger partial charge in [-0.1, -0.05) is 6.07 Å². The second kappa shape index (κ2) is 8.90. The smallest absolute Gasteiger partial charge is 0.347 e. The maximum absolute atomic E-state index is 12.9. The third kappa shape index (κ3) is 4.25. The number of carbonyl (C=O) groups is 2. The summed E-state index contributed by atoms with van der Waals surface area (Å²) in [6.07, 6.45) is 0.868. The van der Waals surface area contributed by atoms with Crippen LogP contribution in [0.5, 0.6) is 23.0 Å². The number of esters is 1.